The molecule has 0 radical (unpaired) electrons. The molecule has 6 heteroatoms. The van der Waals surface area contributed by atoms with Gasteiger partial charge in [-0.15, -0.1) is 0 Å². The molecule has 0 saturated heterocycles. The highest BCUT2D eigenvalue weighted by molar-refractivity contribution is 5.80. The molecule has 2 fully saturated rings. The first-order chi connectivity index (χ1) is 15.5. The third-order valence-corrected chi connectivity index (χ3v) is 7.49. The third-order valence-electron chi connectivity index (χ3n) is 7.49. The molecule has 0 heterocycles. The molecule has 2 aromatic carbocycles. The summed E-state index contributed by atoms with van der Waals surface area (Å²) in [6.07, 6.45) is 5.87. The number of hydrogen-bond donors (Lipinski definition) is 3. The predicted octanol–water partition coefficient (Wildman–Crippen LogP) is 3.86. The van der Waals surface area contributed by atoms with Crippen molar-refractivity contribution in [1.82, 2.24) is 16.0 Å². The van der Waals surface area contributed by atoms with E-state index in [0.29, 0.717) is 6.54 Å². The van der Waals surface area contributed by atoms with E-state index in [1.807, 2.05) is 24.3 Å². The van der Waals surface area contributed by atoms with Gasteiger partial charge in [-0.1, -0.05) is 36.4 Å². The predicted molar refractivity (Wildman–Crippen MR) is 122 cm³/mol. The van der Waals surface area contributed by atoms with Gasteiger partial charge in [0, 0.05) is 18.5 Å². The lowest BCUT2D eigenvalue weighted by Gasteiger charge is -2.57. The largest absolute Gasteiger partial charge is 0.497 e. The second-order valence-corrected chi connectivity index (χ2v) is 9.68. The van der Waals surface area contributed by atoms with E-state index in [4.69, 9.17) is 4.74 Å². The first kappa shape index (κ1) is 20.9. The van der Waals surface area contributed by atoms with Gasteiger partial charge in [-0.2, -0.15) is 0 Å². The molecule has 1 spiro atoms. The summed E-state index contributed by atoms with van der Waals surface area (Å²) in [5.74, 6) is 1.12. The summed E-state index contributed by atoms with van der Waals surface area (Å²) in [6.45, 7) is 0.486. The van der Waals surface area contributed by atoms with E-state index in [1.165, 1.54) is 11.1 Å². The van der Waals surface area contributed by atoms with Crippen LogP contribution < -0.4 is 20.7 Å². The summed E-state index contributed by atoms with van der Waals surface area (Å²) < 4.78 is 5.15. The summed E-state index contributed by atoms with van der Waals surface area (Å²) in [5.41, 5.74) is 3.93. The van der Waals surface area contributed by atoms with Crippen LogP contribution in [-0.2, 0) is 17.8 Å². The first-order valence-electron chi connectivity index (χ1n) is 11.6. The number of aryl methyl sites for hydroxylation is 1. The second-order valence-electron chi connectivity index (χ2n) is 9.68. The third kappa shape index (κ3) is 4.18. The van der Waals surface area contributed by atoms with Crippen molar-refractivity contribution >= 4 is 11.9 Å². The number of ether oxygens (including phenoxy) is 1. The maximum Gasteiger partial charge on any atom is 0.315 e. The fourth-order valence-electron chi connectivity index (χ4n) is 5.75. The number of fused-ring (bicyclic) bond motifs is 1. The summed E-state index contributed by atoms with van der Waals surface area (Å²) in [4.78, 5) is 25.0. The Balaban J connectivity index is 1.01. The Kier molecular flexibility index (Phi) is 5.53. The molecule has 2 aromatic rings. The molecule has 0 aromatic heterocycles. The van der Waals surface area contributed by atoms with Gasteiger partial charge in [-0.05, 0) is 72.8 Å². The van der Waals surface area contributed by atoms with Crippen LogP contribution in [0.1, 0.15) is 54.8 Å². The quantitative estimate of drug-likeness (QED) is 0.647. The van der Waals surface area contributed by atoms with Crippen molar-refractivity contribution in [2.75, 3.05) is 7.11 Å². The van der Waals surface area contributed by atoms with Crippen LogP contribution in [0.15, 0.2) is 48.5 Å². The fourth-order valence-corrected chi connectivity index (χ4v) is 5.75. The smallest absolute Gasteiger partial charge is 0.315 e. The van der Waals surface area contributed by atoms with E-state index in [-0.39, 0.29) is 35.4 Å². The van der Waals surface area contributed by atoms with Gasteiger partial charge in [-0.25, -0.2) is 4.79 Å². The zero-order valence-corrected chi connectivity index (χ0v) is 18.5. The van der Waals surface area contributed by atoms with Crippen LogP contribution in [0.5, 0.6) is 5.75 Å². The van der Waals surface area contributed by atoms with Gasteiger partial charge in [0.15, 0.2) is 0 Å². The highest BCUT2D eigenvalue weighted by Gasteiger charge is 2.55. The molecule has 2 saturated carbocycles. The van der Waals surface area contributed by atoms with Crippen LogP contribution in [0.3, 0.4) is 0 Å². The molecule has 0 unspecified atom stereocenters. The molecule has 1 atom stereocenters. The lowest BCUT2D eigenvalue weighted by molar-refractivity contribution is -0.139. The lowest BCUT2D eigenvalue weighted by Crippen LogP contribution is -2.59. The molecule has 5 rings (SSSR count). The van der Waals surface area contributed by atoms with Gasteiger partial charge >= 0.3 is 6.03 Å². The standard InChI is InChI=1S/C26H31N3O3/c1-32-21-9-6-17(7-10-21)16-27-25(31)28-20-14-26(15-20)12-19(13-26)24(30)29-23-11-8-18-4-2-3-5-22(18)23/h2-7,9-10,19-20,23H,8,11-16H2,1H3,(H,29,30)(H2,27,28,31)/t19?,20?,23-,26?/m1/s1. The van der Waals surface area contributed by atoms with Crippen molar-refractivity contribution in [2.24, 2.45) is 11.3 Å². The maximum absolute atomic E-state index is 12.7. The number of methoxy groups -OCH3 is 1. The maximum atomic E-state index is 12.7. The minimum Gasteiger partial charge on any atom is -0.497 e. The molecule has 0 bridgehead atoms. The van der Waals surface area contributed by atoms with E-state index >= 15 is 0 Å². The Morgan fingerprint density at radius 1 is 1.00 bits per heavy atom. The molecular formula is C26H31N3O3. The number of amides is 3. The minimum atomic E-state index is -0.130. The van der Waals surface area contributed by atoms with Crippen molar-refractivity contribution < 1.29 is 14.3 Å². The average molecular weight is 434 g/mol. The molecule has 168 valence electrons. The summed E-state index contributed by atoms with van der Waals surface area (Å²) >= 11 is 0. The lowest BCUT2D eigenvalue weighted by atomic mass is 9.50. The van der Waals surface area contributed by atoms with Gasteiger partial charge < -0.3 is 20.7 Å². The van der Waals surface area contributed by atoms with Crippen LogP contribution in [0.4, 0.5) is 4.79 Å². The van der Waals surface area contributed by atoms with Crippen molar-refractivity contribution in [3.63, 3.8) is 0 Å². The summed E-state index contributed by atoms with van der Waals surface area (Å²) in [6, 6.07) is 16.3. The zero-order valence-electron chi connectivity index (χ0n) is 18.5. The van der Waals surface area contributed by atoms with Crippen LogP contribution in [0, 0.1) is 11.3 Å². The normalized spacial score (nSPS) is 27.6. The van der Waals surface area contributed by atoms with Crippen molar-refractivity contribution in [2.45, 2.75) is 57.2 Å². The zero-order chi connectivity index (χ0) is 22.1. The molecule has 6 nitrogen and oxygen atoms in total. The van der Waals surface area contributed by atoms with Crippen molar-refractivity contribution in [3.8, 4) is 5.75 Å². The average Bonchev–Trinajstić information content (AvgIpc) is 3.16. The Labute approximate surface area is 189 Å². The number of hydrogen-bond acceptors (Lipinski definition) is 3. The highest BCUT2D eigenvalue weighted by Crippen LogP contribution is 2.58. The van der Waals surface area contributed by atoms with E-state index in [2.05, 4.69) is 40.2 Å². The Bertz CT molecular complexity index is 990. The number of carbonyl (C=O) groups excluding carboxylic acids is 2. The molecule has 3 N–H and O–H groups in total. The monoisotopic (exact) mass is 433 g/mol. The molecule has 3 aliphatic carbocycles. The second kappa shape index (κ2) is 8.49. The van der Waals surface area contributed by atoms with Crippen LogP contribution in [-0.4, -0.2) is 25.1 Å². The molecule has 3 aliphatic rings. The number of benzene rings is 2. The SMILES string of the molecule is COc1ccc(CNC(=O)NC2CC3(C2)CC(C(=O)N[C@@H]2CCc4ccccc42)C3)cc1. The Morgan fingerprint density at radius 3 is 2.50 bits per heavy atom. The molecule has 32 heavy (non-hydrogen) atoms. The first-order valence-corrected chi connectivity index (χ1v) is 11.6. The van der Waals surface area contributed by atoms with Crippen molar-refractivity contribution in [1.29, 1.82) is 0 Å². The van der Waals surface area contributed by atoms with Crippen LogP contribution in [0.2, 0.25) is 0 Å². The number of rotatable bonds is 6. The van der Waals surface area contributed by atoms with Gasteiger partial charge in [-0.3, -0.25) is 4.79 Å². The van der Waals surface area contributed by atoms with Crippen molar-refractivity contribution in [3.05, 3.63) is 65.2 Å². The number of carbonyl (C=O) groups is 2. The molecule has 3 amide bonds. The summed E-state index contributed by atoms with van der Waals surface area (Å²) in [7, 11) is 1.64. The fraction of sp³-hybridized carbons (Fsp3) is 0.462. The van der Waals surface area contributed by atoms with E-state index in [9.17, 15) is 9.59 Å². The summed E-state index contributed by atoms with van der Waals surface area (Å²) in [5, 5.41) is 9.27. The van der Waals surface area contributed by atoms with Crippen LogP contribution in [0.25, 0.3) is 0 Å². The van der Waals surface area contributed by atoms with Gasteiger partial charge in [0.1, 0.15) is 5.75 Å². The number of nitrogens with one attached hydrogen (secondary N) is 3. The van der Waals surface area contributed by atoms with Crippen LogP contribution >= 0.6 is 0 Å². The minimum absolute atomic E-state index is 0.118. The van der Waals surface area contributed by atoms with E-state index in [1.54, 1.807) is 7.11 Å². The van der Waals surface area contributed by atoms with E-state index in [0.717, 1.165) is 49.8 Å². The highest BCUT2D eigenvalue weighted by atomic mass is 16.5. The number of urea groups is 1. The van der Waals surface area contributed by atoms with Gasteiger partial charge in [0.05, 0.1) is 13.2 Å². The Hall–Kier alpha value is -3.02. The van der Waals surface area contributed by atoms with Gasteiger partial charge in [0.25, 0.3) is 0 Å². The molecule has 0 aliphatic heterocycles. The van der Waals surface area contributed by atoms with E-state index < -0.39 is 0 Å². The van der Waals surface area contributed by atoms with Gasteiger partial charge in [0.2, 0.25) is 5.91 Å². The molecular weight excluding hydrogens is 402 g/mol. The topological polar surface area (TPSA) is 79.5 Å². The Morgan fingerprint density at radius 2 is 1.75 bits per heavy atom.